The predicted molar refractivity (Wildman–Crippen MR) is 98.7 cm³/mol. The Kier molecular flexibility index (Phi) is 5.56. The Labute approximate surface area is 157 Å². The van der Waals surface area contributed by atoms with Crippen molar-refractivity contribution in [2.24, 2.45) is 0 Å². The quantitative estimate of drug-likeness (QED) is 0.618. The van der Waals surface area contributed by atoms with Gasteiger partial charge in [0.2, 0.25) is 0 Å². The van der Waals surface area contributed by atoms with Crippen LogP contribution in [0.2, 0.25) is 5.02 Å². The smallest absolute Gasteiger partial charge is 0.410 e. The molecular formula is C18H22ClN3O4. The molecule has 1 saturated heterocycles. The number of benzene rings is 1. The number of carbonyl (C=O) groups is 2. The highest BCUT2D eigenvalue weighted by atomic mass is 35.5. The van der Waals surface area contributed by atoms with Gasteiger partial charge >= 0.3 is 6.09 Å². The summed E-state index contributed by atoms with van der Waals surface area (Å²) in [5, 5.41) is 3.36. The Morgan fingerprint density at radius 1 is 1.46 bits per heavy atom. The third-order valence-corrected chi connectivity index (χ3v) is 4.94. The molecule has 0 unspecified atom stereocenters. The highest BCUT2D eigenvalue weighted by Crippen LogP contribution is 2.38. The number of likely N-dealkylation sites (tertiary alicyclic amines) is 1. The van der Waals surface area contributed by atoms with E-state index in [0.717, 1.165) is 5.56 Å². The Hall–Kier alpha value is -2.41. The summed E-state index contributed by atoms with van der Waals surface area (Å²) >= 11 is 6.15. The molecule has 0 bridgehead atoms. The number of anilines is 1. The first-order chi connectivity index (χ1) is 12.5. The van der Waals surface area contributed by atoms with Gasteiger partial charge in [-0.15, -0.1) is 0 Å². The summed E-state index contributed by atoms with van der Waals surface area (Å²) in [6.07, 6.45) is 3.13. The minimum absolute atomic E-state index is 0.0284. The van der Waals surface area contributed by atoms with Gasteiger partial charge in [-0.3, -0.25) is 4.79 Å². The molecule has 3 rings (SSSR count). The normalized spacial score (nSPS) is 16.6. The van der Waals surface area contributed by atoms with E-state index in [1.54, 1.807) is 11.0 Å². The fourth-order valence-corrected chi connectivity index (χ4v) is 3.45. The van der Waals surface area contributed by atoms with Gasteiger partial charge in [-0.25, -0.2) is 4.79 Å². The van der Waals surface area contributed by atoms with Gasteiger partial charge < -0.3 is 25.4 Å². The number of ether oxygens (including phenoxy) is 2. The molecule has 1 aromatic carbocycles. The van der Waals surface area contributed by atoms with Crippen LogP contribution in [-0.2, 0) is 11.2 Å². The molecule has 0 saturated carbocycles. The number of carbonyl (C=O) groups excluding carboxylic acids is 2. The number of nitrogen functional groups attached to an aromatic ring is 1. The van der Waals surface area contributed by atoms with E-state index in [-0.39, 0.29) is 24.6 Å². The lowest BCUT2D eigenvalue weighted by molar-refractivity contribution is 0.0872. The molecule has 26 heavy (non-hydrogen) atoms. The van der Waals surface area contributed by atoms with Crippen LogP contribution in [-0.4, -0.2) is 49.2 Å². The molecule has 0 spiro atoms. The average Bonchev–Trinajstić information content (AvgIpc) is 3.13. The summed E-state index contributed by atoms with van der Waals surface area (Å²) in [7, 11) is 0. The number of rotatable bonds is 4. The Morgan fingerprint density at radius 2 is 2.19 bits per heavy atom. The van der Waals surface area contributed by atoms with Crippen LogP contribution in [0.25, 0.3) is 0 Å². The highest BCUT2D eigenvalue weighted by Gasteiger charge is 2.28. The maximum absolute atomic E-state index is 12.7. The van der Waals surface area contributed by atoms with Crippen LogP contribution < -0.4 is 15.8 Å². The fourth-order valence-electron chi connectivity index (χ4n) is 3.23. The summed E-state index contributed by atoms with van der Waals surface area (Å²) in [6.45, 7) is 5.25. The van der Waals surface area contributed by atoms with Gasteiger partial charge in [0.1, 0.15) is 12.4 Å². The van der Waals surface area contributed by atoms with Crippen molar-refractivity contribution >= 4 is 29.3 Å². The molecule has 7 nitrogen and oxygen atoms in total. The Morgan fingerprint density at radius 3 is 2.88 bits per heavy atom. The van der Waals surface area contributed by atoms with Gasteiger partial charge in [-0.05, 0) is 18.9 Å². The van der Waals surface area contributed by atoms with Crippen molar-refractivity contribution < 1.29 is 19.1 Å². The molecule has 0 aromatic heterocycles. The number of hydrogen-bond acceptors (Lipinski definition) is 5. The van der Waals surface area contributed by atoms with Gasteiger partial charge in [-0.2, -0.15) is 0 Å². The maximum atomic E-state index is 12.7. The fraction of sp³-hybridized carbons (Fsp3) is 0.444. The van der Waals surface area contributed by atoms with Crippen molar-refractivity contribution in [2.45, 2.75) is 25.3 Å². The number of nitrogens with two attached hydrogens (primary N) is 1. The SMILES string of the molecule is C=CCOC(=O)N1CCC(NC(=O)c2cc(Cl)c(N)c3c2OCC3)CC1. The van der Waals surface area contributed by atoms with Gasteiger partial charge in [0.25, 0.3) is 5.91 Å². The Bertz CT molecular complexity index is 730. The third-order valence-electron chi connectivity index (χ3n) is 4.63. The standard InChI is InChI=1S/C18H22ClN3O4/c1-2-8-26-18(24)22-6-3-11(4-7-22)21-17(23)13-10-14(19)15(20)12-5-9-25-16(12)13/h2,10-11H,1,3-9,20H2,(H,21,23). The van der Waals surface area contributed by atoms with E-state index < -0.39 is 0 Å². The third kappa shape index (κ3) is 3.72. The van der Waals surface area contributed by atoms with Crippen molar-refractivity contribution in [3.63, 3.8) is 0 Å². The first-order valence-electron chi connectivity index (χ1n) is 8.58. The average molecular weight is 380 g/mol. The second kappa shape index (κ2) is 7.86. The molecule has 2 heterocycles. The summed E-state index contributed by atoms with van der Waals surface area (Å²) in [4.78, 5) is 26.1. The van der Waals surface area contributed by atoms with Gasteiger partial charge in [0, 0.05) is 31.1 Å². The second-order valence-electron chi connectivity index (χ2n) is 6.33. The minimum atomic E-state index is -0.355. The molecule has 0 aliphatic carbocycles. The second-order valence-corrected chi connectivity index (χ2v) is 6.73. The molecule has 1 fully saturated rings. The minimum Gasteiger partial charge on any atom is -0.492 e. The van der Waals surface area contributed by atoms with Crippen molar-refractivity contribution in [3.05, 3.63) is 34.9 Å². The number of halogens is 1. The van der Waals surface area contributed by atoms with E-state index >= 15 is 0 Å². The maximum Gasteiger partial charge on any atom is 0.410 e. The zero-order chi connectivity index (χ0) is 18.7. The van der Waals surface area contributed by atoms with E-state index in [2.05, 4.69) is 11.9 Å². The van der Waals surface area contributed by atoms with Crippen LogP contribution in [0.4, 0.5) is 10.5 Å². The first kappa shape index (κ1) is 18.4. The molecule has 0 atom stereocenters. The number of amides is 2. The van der Waals surface area contributed by atoms with Crippen LogP contribution in [0.3, 0.4) is 0 Å². The molecule has 2 aliphatic rings. The number of piperidine rings is 1. The van der Waals surface area contributed by atoms with E-state index in [0.29, 0.717) is 61.0 Å². The largest absolute Gasteiger partial charge is 0.492 e. The van der Waals surface area contributed by atoms with E-state index in [9.17, 15) is 9.59 Å². The molecule has 140 valence electrons. The van der Waals surface area contributed by atoms with Gasteiger partial charge in [0.15, 0.2) is 0 Å². The topological polar surface area (TPSA) is 93.9 Å². The van der Waals surface area contributed by atoms with Crippen molar-refractivity contribution in [2.75, 3.05) is 32.0 Å². The lowest BCUT2D eigenvalue weighted by Gasteiger charge is -2.31. The van der Waals surface area contributed by atoms with E-state index in [1.165, 1.54) is 6.08 Å². The van der Waals surface area contributed by atoms with E-state index in [1.807, 2.05) is 0 Å². The van der Waals surface area contributed by atoms with E-state index in [4.69, 9.17) is 26.8 Å². The first-order valence-corrected chi connectivity index (χ1v) is 8.96. The van der Waals surface area contributed by atoms with Crippen LogP contribution in [0.15, 0.2) is 18.7 Å². The lowest BCUT2D eigenvalue weighted by Crippen LogP contribution is -2.46. The molecule has 1 aromatic rings. The monoisotopic (exact) mass is 379 g/mol. The van der Waals surface area contributed by atoms with Crippen molar-refractivity contribution in [3.8, 4) is 5.75 Å². The summed E-state index contributed by atoms with van der Waals surface area (Å²) in [5.74, 6) is 0.285. The van der Waals surface area contributed by atoms with Crippen LogP contribution >= 0.6 is 11.6 Å². The zero-order valence-corrected chi connectivity index (χ0v) is 15.2. The van der Waals surface area contributed by atoms with Crippen LogP contribution in [0.1, 0.15) is 28.8 Å². The van der Waals surface area contributed by atoms with Gasteiger partial charge in [-0.1, -0.05) is 24.3 Å². The number of hydrogen-bond donors (Lipinski definition) is 2. The molecule has 0 radical (unpaired) electrons. The zero-order valence-electron chi connectivity index (χ0n) is 14.4. The van der Waals surface area contributed by atoms with Crippen LogP contribution in [0, 0.1) is 0 Å². The number of nitrogens with zero attached hydrogens (tertiary/aromatic N) is 1. The molecule has 2 aliphatic heterocycles. The molecule has 3 N–H and O–H groups in total. The molecular weight excluding hydrogens is 358 g/mol. The number of nitrogens with one attached hydrogen (secondary N) is 1. The summed E-state index contributed by atoms with van der Waals surface area (Å²) < 4.78 is 10.6. The summed E-state index contributed by atoms with van der Waals surface area (Å²) in [5.41, 5.74) is 7.64. The van der Waals surface area contributed by atoms with Gasteiger partial charge in [0.05, 0.1) is 22.9 Å². The molecule has 8 heteroatoms. The van der Waals surface area contributed by atoms with Crippen LogP contribution in [0.5, 0.6) is 5.75 Å². The van der Waals surface area contributed by atoms with Crippen molar-refractivity contribution in [1.29, 1.82) is 0 Å². The number of fused-ring (bicyclic) bond motifs is 1. The summed E-state index contributed by atoms with van der Waals surface area (Å²) in [6, 6.07) is 1.53. The lowest BCUT2D eigenvalue weighted by atomic mass is 10.0. The predicted octanol–water partition coefficient (Wildman–Crippen LogP) is 2.37. The van der Waals surface area contributed by atoms with Crippen molar-refractivity contribution in [1.82, 2.24) is 10.2 Å². The highest BCUT2D eigenvalue weighted by molar-refractivity contribution is 6.33. The molecule has 2 amide bonds. The Balaban J connectivity index is 1.60.